The molecule has 3 aromatic rings. The molecule has 0 bridgehead atoms. The Balaban J connectivity index is 1.57. The second-order valence-corrected chi connectivity index (χ2v) is 9.32. The summed E-state index contributed by atoms with van der Waals surface area (Å²) in [4.78, 5) is 27.2. The Hall–Kier alpha value is -3.70. The molecule has 5 rings (SSSR count). The monoisotopic (exact) mass is 486 g/mol. The van der Waals surface area contributed by atoms with E-state index >= 15 is 0 Å². The van der Waals surface area contributed by atoms with E-state index in [2.05, 4.69) is 10.6 Å². The van der Waals surface area contributed by atoms with Crippen molar-refractivity contribution in [2.75, 3.05) is 5.32 Å². The maximum atomic E-state index is 13.6. The SMILES string of the molecule is CC1=C(C(=O)Nc2ccc(F)cc2)[C@H](c2ccccc2Cl)C2=C(C[C@@H](c3ccccc3)CC2=O)N1. The lowest BCUT2D eigenvalue weighted by Crippen LogP contribution is -2.37. The molecule has 2 N–H and O–H groups in total. The molecule has 6 heteroatoms. The van der Waals surface area contributed by atoms with Crippen molar-refractivity contribution in [2.45, 2.75) is 31.6 Å². The molecular weight excluding hydrogens is 463 g/mol. The fourth-order valence-corrected chi connectivity index (χ4v) is 5.30. The third kappa shape index (κ3) is 4.52. The molecule has 0 saturated heterocycles. The number of hydrogen-bond acceptors (Lipinski definition) is 3. The summed E-state index contributed by atoms with van der Waals surface area (Å²) in [6.45, 7) is 1.84. The van der Waals surface area contributed by atoms with Crippen LogP contribution in [0.1, 0.15) is 42.7 Å². The quantitative estimate of drug-likeness (QED) is 0.443. The summed E-state index contributed by atoms with van der Waals surface area (Å²) in [5.41, 5.74) is 4.79. The minimum Gasteiger partial charge on any atom is -0.362 e. The van der Waals surface area contributed by atoms with Crippen molar-refractivity contribution >= 4 is 29.0 Å². The zero-order valence-electron chi connectivity index (χ0n) is 19.1. The Bertz CT molecular complexity index is 1360. The summed E-state index contributed by atoms with van der Waals surface area (Å²) in [6.07, 6.45) is 1.02. The third-order valence-corrected chi connectivity index (χ3v) is 7.01. The van der Waals surface area contributed by atoms with Crippen LogP contribution in [0.25, 0.3) is 0 Å². The van der Waals surface area contributed by atoms with E-state index < -0.39 is 5.92 Å². The van der Waals surface area contributed by atoms with Crippen LogP contribution in [-0.4, -0.2) is 11.7 Å². The smallest absolute Gasteiger partial charge is 0.254 e. The van der Waals surface area contributed by atoms with E-state index in [1.54, 1.807) is 6.07 Å². The van der Waals surface area contributed by atoms with E-state index in [0.29, 0.717) is 46.0 Å². The highest BCUT2D eigenvalue weighted by atomic mass is 35.5. The van der Waals surface area contributed by atoms with Gasteiger partial charge >= 0.3 is 0 Å². The lowest BCUT2D eigenvalue weighted by Gasteiger charge is -2.37. The largest absolute Gasteiger partial charge is 0.362 e. The van der Waals surface area contributed by atoms with Crippen LogP contribution in [-0.2, 0) is 9.59 Å². The van der Waals surface area contributed by atoms with Gasteiger partial charge in [0.25, 0.3) is 5.91 Å². The fraction of sp³-hybridized carbons (Fsp3) is 0.172. The normalized spacial score (nSPS) is 19.8. The molecule has 0 aromatic heterocycles. The number of dihydropyridines is 1. The standard InChI is InChI=1S/C29H24ClFN2O2/c1-17-26(29(35)33-21-13-11-20(31)12-14-21)27(22-9-5-6-10-23(22)30)28-24(32-17)15-19(16-25(28)34)18-7-3-2-4-8-18/h2-14,19,27,32H,15-16H2,1H3,(H,33,35)/t19-,27+/m1/s1. The first kappa shape index (κ1) is 23.1. The summed E-state index contributed by atoms with van der Waals surface area (Å²) >= 11 is 6.61. The summed E-state index contributed by atoms with van der Waals surface area (Å²) in [6, 6.07) is 22.9. The van der Waals surface area contributed by atoms with E-state index in [4.69, 9.17) is 11.6 Å². The van der Waals surface area contributed by atoms with E-state index in [1.807, 2.05) is 55.5 Å². The van der Waals surface area contributed by atoms with Gasteiger partial charge in [0.05, 0.1) is 0 Å². The number of rotatable bonds is 4. The second kappa shape index (κ2) is 9.51. The molecule has 2 aliphatic rings. The number of carbonyl (C=O) groups excluding carboxylic acids is 2. The molecular formula is C29H24ClFN2O2. The summed E-state index contributed by atoms with van der Waals surface area (Å²) in [5, 5.41) is 6.71. The van der Waals surface area contributed by atoms with Crippen molar-refractivity contribution in [3.8, 4) is 0 Å². The van der Waals surface area contributed by atoms with Gasteiger partial charge in [0.15, 0.2) is 5.78 Å². The first-order chi connectivity index (χ1) is 16.9. The van der Waals surface area contributed by atoms with Crippen LogP contribution in [0.4, 0.5) is 10.1 Å². The number of anilines is 1. The fourth-order valence-electron chi connectivity index (χ4n) is 5.05. The first-order valence-corrected chi connectivity index (χ1v) is 11.9. The molecule has 1 aliphatic heterocycles. The van der Waals surface area contributed by atoms with Crippen LogP contribution < -0.4 is 10.6 Å². The second-order valence-electron chi connectivity index (χ2n) is 8.91. The van der Waals surface area contributed by atoms with Gasteiger partial charge in [0, 0.05) is 45.6 Å². The zero-order valence-corrected chi connectivity index (χ0v) is 19.9. The van der Waals surface area contributed by atoms with E-state index in [0.717, 1.165) is 11.3 Å². The van der Waals surface area contributed by atoms with Crippen molar-refractivity contribution in [2.24, 2.45) is 0 Å². The van der Waals surface area contributed by atoms with Gasteiger partial charge in [-0.05, 0) is 60.7 Å². The molecule has 2 atom stereocenters. The molecule has 0 spiro atoms. The van der Waals surface area contributed by atoms with Gasteiger partial charge in [-0.15, -0.1) is 0 Å². The highest BCUT2D eigenvalue weighted by Crippen LogP contribution is 2.47. The third-order valence-electron chi connectivity index (χ3n) is 6.66. The number of carbonyl (C=O) groups is 2. The molecule has 4 nitrogen and oxygen atoms in total. The summed E-state index contributed by atoms with van der Waals surface area (Å²) in [7, 11) is 0. The van der Waals surface area contributed by atoms with Crippen LogP contribution in [0.2, 0.25) is 5.02 Å². The Morgan fingerprint density at radius 3 is 2.37 bits per heavy atom. The van der Waals surface area contributed by atoms with Crippen molar-refractivity contribution in [1.29, 1.82) is 0 Å². The van der Waals surface area contributed by atoms with E-state index in [1.165, 1.54) is 24.3 Å². The maximum Gasteiger partial charge on any atom is 0.254 e. The molecule has 176 valence electrons. The number of nitrogens with one attached hydrogen (secondary N) is 2. The summed E-state index contributed by atoms with van der Waals surface area (Å²) < 4.78 is 13.4. The molecule has 1 heterocycles. The molecule has 0 saturated carbocycles. The average molecular weight is 487 g/mol. The number of benzene rings is 3. The van der Waals surface area contributed by atoms with Gasteiger partial charge in [0.2, 0.25) is 0 Å². The topological polar surface area (TPSA) is 58.2 Å². The minimum atomic E-state index is -0.607. The Morgan fingerprint density at radius 2 is 1.66 bits per heavy atom. The molecule has 0 fully saturated rings. The molecule has 1 aliphatic carbocycles. The van der Waals surface area contributed by atoms with Gasteiger partial charge in [-0.25, -0.2) is 4.39 Å². The minimum absolute atomic E-state index is 0.00268. The van der Waals surface area contributed by atoms with Crippen molar-refractivity contribution < 1.29 is 14.0 Å². The first-order valence-electron chi connectivity index (χ1n) is 11.5. The highest BCUT2D eigenvalue weighted by Gasteiger charge is 2.41. The van der Waals surface area contributed by atoms with Crippen molar-refractivity contribution in [1.82, 2.24) is 5.32 Å². The molecule has 0 radical (unpaired) electrons. The van der Waals surface area contributed by atoms with Gasteiger partial charge in [0.1, 0.15) is 5.82 Å². The van der Waals surface area contributed by atoms with Crippen LogP contribution in [0.3, 0.4) is 0 Å². The predicted octanol–water partition coefficient (Wildman–Crippen LogP) is 6.48. The Labute approximate surface area is 208 Å². The predicted molar refractivity (Wildman–Crippen MR) is 136 cm³/mol. The van der Waals surface area contributed by atoms with Crippen LogP contribution in [0, 0.1) is 5.82 Å². The number of ketones is 1. The summed E-state index contributed by atoms with van der Waals surface area (Å²) in [5.74, 6) is -1.30. The van der Waals surface area contributed by atoms with Gasteiger partial charge in [-0.2, -0.15) is 0 Å². The number of halogens is 2. The van der Waals surface area contributed by atoms with Crippen molar-refractivity contribution in [3.05, 3.63) is 123 Å². The molecule has 35 heavy (non-hydrogen) atoms. The van der Waals surface area contributed by atoms with Gasteiger partial charge in [-0.3, -0.25) is 9.59 Å². The van der Waals surface area contributed by atoms with Crippen LogP contribution >= 0.6 is 11.6 Å². The molecule has 3 aromatic carbocycles. The average Bonchev–Trinajstić information content (AvgIpc) is 2.85. The molecule has 0 unspecified atom stereocenters. The van der Waals surface area contributed by atoms with Gasteiger partial charge < -0.3 is 10.6 Å². The number of allylic oxidation sites excluding steroid dienone is 3. The van der Waals surface area contributed by atoms with E-state index in [9.17, 15) is 14.0 Å². The Kier molecular flexibility index (Phi) is 6.27. The van der Waals surface area contributed by atoms with Crippen LogP contribution in [0.5, 0.6) is 0 Å². The van der Waals surface area contributed by atoms with Crippen LogP contribution in [0.15, 0.2) is 101 Å². The Morgan fingerprint density at radius 1 is 0.971 bits per heavy atom. The van der Waals surface area contributed by atoms with E-state index in [-0.39, 0.29) is 23.4 Å². The number of Topliss-reactive ketones (excluding diaryl/α,β-unsaturated/α-hetero) is 1. The molecule has 1 amide bonds. The zero-order chi connectivity index (χ0) is 24.5. The number of hydrogen-bond donors (Lipinski definition) is 2. The number of amides is 1. The maximum absolute atomic E-state index is 13.6. The lowest BCUT2D eigenvalue weighted by atomic mass is 9.71. The lowest BCUT2D eigenvalue weighted by molar-refractivity contribution is -0.116. The highest BCUT2D eigenvalue weighted by molar-refractivity contribution is 6.31. The van der Waals surface area contributed by atoms with Gasteiger partial charge in [-0.1, -0.05) is 60.1 Å². The van der Waals surface area contributed by atoms with Crippen molar-refractivity contribution in [3.63, 3.8) is 0 Å².